The van der Waals surface area contributed by atoms with Crippen LogP contribution < -0.4 is 0 Å². The molecule has 4 heteroatoms. The van der Waals surface area contributed by atoms with Gasteiger partial charge in [0.05, 0.1) is 18.3 Å². The predicted molar refractivity (Wildman–Crippen MR) is 44.6 cm³/mol. The minimum atomic E-state index is -0.243. The second-order valence-electron chi connectivity index (χ2n) is 3.31. The second kappa shape index (κ2) is 2.88. The molecule has 2 unspecified atom stereocenters. The molecule has 2 N–H and O–H groups in total. The van der Waals surface area contributed by atoms with Gasteiger partial charge in [-0.2, -0.15) is 5.10 Å². The highest BCUT2D eigenvalue weighted by atomic mass is 16.3. The number of hydrogen-bond acceptors (Lipinski definition) is 3. The summed E-state index contributed by atoms with van der Waals surface area (Å²) in [6.45, 7) is 0.955. The fourth-order valence-corrected chi connectivity index (χ4v) is 1.83. The van der Waals surface area contributed by atoms with Crippen molar-refractivity contribution in [2.24, 2.45) is 0 Å². The van der Waals surface area contributed by atoms with Gasteiger partial charge >= 0.3 is 0 Å². The van der Waals surface area contributed by atoms with E-state index in [0.717, 1.165) is 18.5 Å². The number of rotatable bonds is 1. The van der Waals surface area contributed by atoms with Gasteiger partial charge < -0.3 is 5.11 Å². The van der Waals surface area contributed by atoms with Crippen molar-refractivity contribution in [3.63, 3.8) is 0 Å². The average Bonchev–Trinajstić information content (AvgIpc) is 2.61. The van der Waals surface area contributed by atoms with Crippen LogP contribution in [0.15, 0.2) is 12.4 Å². The molecule has 2 atom stereocenters. The van der Waals surface area contributed by atoms with E-state index in [1.54, 1.807) is 6.20 Å². The largest absolute Gasteiger partial charge is 0.391 e. The van der Waals surface area contributed by atoms with Crippen molar-refractivity contribution in [2.45, 2.75) is 18.6 Å². The van der Waals surface area contributed by atoms with Gasteiger partial charge in [-0.15, -0.1) is 0 Å². The van der Waals surface area contributed by atoms with Gasteiger partial charge in [-0.3, -0.25) is 10.00 Å². The molecule has 0 aliphatic carbocycles. The lowest BCUT2D eigenvalue weighted by molar-refractivity contribution is 0.127. The van der Waals surface area contributed by atoms with Crippen molar-refractivity contribution < 1.29 is 5.11 Å². The van der Waals surface area contributed by atoms with Crippen LogP contribution in [0.25, 0.3) is 0 Å². The Kier molecular flexibility index (Phi) is 1.86. The standard InChI is InChI=1S/C8H13N3O/c1-11-3-2-7(12)8(11)6-4-9-10-5-6/h4-5,7-8,12H,2-3H2,1H3,(H,9,10). The number of likely N-dealkylation sites (N-methyl/N-ethyl adjacent to an activating group) is 1. The van der Waals surface area contributed by atoms with Crippen LogP contribution in [0.3, 0.4) is 0 Å². The first-order valence-electron chi connectivity index (χ1n) is 4.16. The minimum Gasteiger partial charge on any atom is -0.391 e. The van der Waals surface area contributed by atoms with Crippen LogP contribution in [0, 0.1) is 0 Å². The molecule has 0 aromatic carbocycles. The van der Waals surface area contributed by atoms with E-state index < -0.39 is 0 Å². The molecule has 2 heterocycles. The summed E-state index contributed by atoms with van der Waals surface area (Å²) in [5.74, 6) is 0. The Morgan fingerprint density at radius 3 is 3.08 bits per heavy atom. The molecule has 1 aliphatic heterocycles. The molecular formula is C8H13N3O. The van der Waals surface area contributed by atoms with Gasteiger partial charge in [-0.1, -0.05) is 0 Å². The normalized spacial score (nSPS) is 31.2. The van der Waals surface area contributed by atoms with E-state index >= 15 is 0 Å². The van der Waals surface area contributed by atoms with Crippen LogP contribution in [-0.2, 0) is 0 Å². The topological polar surface area (TPSA) is 52.1 Å². The van der Waals surface area contributed by atoms with E-state index in [0.29, 0.717) is 0 Å². The lowest BCUT2D eigenvalue weighted by Crippen LogP contribution is -2.22. The van der Waals surface area contributed by atoms with Crippen LogP contribution in [0.5, 0.6) is 0 Å². The van der Waals surface area contributed by atoms with Crippen molar-refractivity contribution >= 4 is 0 Å². The SMILES string of the molecule is CN1CCC(O)C1c1cn[nH]c1. The molecule has 0 amide bonds. The van der Waals surface area contributed by atoms with Crippen LogP contribution in [0.1, 0.15) is 18.0 Å². The van der Waals surface area contributed by atoms with Crippen molar-refractivity contribution in [3.8, 4) is 0 Å². The fourth-order valence-electron chi connectivity index (χ4n) is 1.83. The Bertz CT molecular complexity index is 237. The number of hydrogen-bond donors (Lipinski definition) is 2. The third-order valence-corrected chi connectivity index (χ3v) is 2.48. The number of aliphatic hydroxyl groups excluding tert-OH is 1. The van der Waals surface area contributed by atoms with E-state index in [9.17, 15) is 5.11 Å². The summed E-state index contributed by atoms with van der Waals surface area (Å²) in [7, 11) is 2.02. The van der Waals surface area contributed by atoms with E-state index in [1.165, 1.54) is 0 Å². The monoisotopic (exact) mass is 167 g/mol. The van der Waals surface area contributed by atoms with Gasteiger partial charge in [0, 0.05) is 18.3 Å². The van der Waals surface area contributed by atoms with Gasteiger partial charge in [0.2, 0.25) is 0 Å². The van der Waals surface area contributed by atoms with Crippen molar-refractivity contribution in [2.75, 3.05) is 13.6 Å². The Morgan fingerprint density at radius 1 is 1.75 bits per heavy atom. The van der Waals surface area contributed by atoms with Crippen molar-refractivity contribution in [1.29, 1.82) is 0 Å². The minimum absolute atomic E-state index is 0.128. The quantitative estimate of drug-likeness (QED) is 0.626. The average molecular weight is 167 g/mol. The highest BCUT2D eigenvalue weighted by Crippen LogP contribution is 2.29. The lowest BCUT2D eigenvalue weighted by atomic mass is 10.1. The molecule has 0 saturated carbocycles. The zero-order chi connectivity index (χ0) is 8.55. The molecule has 4 nitrogen and oxygen atoms in total. The molecule has 12 heavy (non-hydrogen) atoms. The Balaban J connectivity index is 2.22. The van der Waals surface area contributed by atoms with Crippen molar-refractivity contribution in [1.82, 2.24) is 15.1 Å². The zero-order valence-corrected chi connectivity index (χ0v) is 7.07. The Labute approximate surface area is 71.2 Å². The zero-order valence-electron chi connectivity index (χ0n) is 7.07. The first-order valence-corrected chi connectivity index (χ1v) is 4.16. The van der Waals surface area contributed by atoms with Crippen LogP contribution in [0.2, 0.25) is 0 Å². The van der Waals surface area contributed by atoms with Gasteiger partial charge in [0.15, 0.2) is 0 Å². The maximum atomic E-state index is 9.65. The maximum Gasteiger partial charge on any atom is 0.0750 e. The number of H-pyrrole nitrogens is 1. The Hall–Kier alpha value is -0.870. The highest BCUT2D eigenvalue weighted by Gasteiger charge is 2.31. The summed E-state index contributed by atoms with van der Waals surface area (Å²) in [4.78, 5) is 2.15. The van der Waals surface area contributed by atoms with Crippen LogP contribution in [0.4, 0.5) is 0 Å². The van der Waals surface area contributed by atoms with Crippen molar-refractivity contribution in [3.05, 3.63) is 18.0 Å². The fraction of sp³-hybridized carbons (Fsp3) is 0.625. The molecule has 0 bridgehead atoms. The summed E-state index contributed by atoms with van der Waals surface area (Å²) in [6, 6.07) is 0.128. The summed E-state index contributed by atoms with van der Waals surface area (Å²) < 4.78 is 0. The molecule has 66 valence electrons. The number of likely N-dealkylation sites (tertiary alicyclic amines) is 1. The summed E-state index contributed by atoms with van der Waals surface area (Å²) in [5, 5.41) is 16.3. The highest BCUT2D eigenvalue weighted by molar-refractivity contribution is 5.13. The van der Waals surface area contributed by atoms with E-state index in [4.69, 9.17) is 0 Å². The Morgan fingerprint density at radius 2 is 2.58 bits per heavy atom. The molecular weight excluding hydrogens is 154 g/mol. The summed E-state index contributed by atoms with van der Waals surface area (Å²) in [5.41, 5.74) is 1.07. The number of aromatic nitrogens is 2. The lowest BCUT2D eigenvalue weighted by Gasteiger charge is -2.20. The molecule has 1 aromatic heterocycles. The molecule has 1 saturated heterocycles. The third kappa shape index (κ3) is 1.13. The van der Waals surface area contributed by atoms with E-state index in [2.05, 4.69) is 15.1 Å². The first-order chi connectivity index (χ1) is 5.79. The van der Waals surface area contributed by atoms with E-state index in [-0.39, 0.29) is 12.1 Å². The molecule has 0 spiro atoms. The van der Waals surface area contributed by atoms with Crippen LogP contribution >= 0.6 is 0 Å². The smallest absolute Gasteiger partial charge is 0.0750 e. The maximum absolute atomic E-state index is 9.65. The molecule has 2 rings (SSSR count). The number of nitrogens with one attached hydrogen (secondary N) is 1. The van der Waals surface area contributed by atoms with Gasteiger partial charge in [-0.25, -0.2) is 0 Å². The molecule has 1 aliphatic rings. The first kappa shape index (κ1) is 7.76. The number of aromatic amines is 1. The van der Waals surface area contributed by atoms with Crippen LogP contribution in [-0.4, -0.2) is 39.9 Å². The molecule has 1 aromatic rings. The summed E-state index contributed by atoms with van der Waals surface area (Å²) in [6.07, 6.45) is 4.23. The van der Waals surface area contributed by atoms with Gasteiger partial charge in [-0.05, 0) is 13.5 Å². The number of nitrogens with zero attached hydrogens (tertiary/aromatic N) is 2. The second-order valence-corrected chi connectivity index (χ2v) is 3.31. The predicted octanol–water partition coefficient (Wildman–Crippen LogP) is 0.147. The van der Waals surface area contributed by atoms with E-state index in [1.807, 2.05) is 13.2 Å². The van der Waals surface area contributed by atoms with Gasteiger partial charge in [0.25, 0.3) is 0 Å². The summed E-state index contributed by atoms with van der Waals surface area (Å²) >= 11 is 0. The molecule has 1 fully saturated rings. The number of aliphatic hydroxyl groups is 1. The van der Waals surface area contributed by atoms with Gasteiger partial charge in [0.1, 0.15) is 0 Å². The molecule has 0 radical (unpaired) electrons. The third-order valence-electron chi connectivity index (χ3n) is 2.48.